The van der Waals surface area contributed by atoms with Gasteiger partial charge in [-0.2, -0.15) is 5.10 Å². The van der Waals surface area contributed by atoms with E-state index in [0.717, 1.165) is 42.4 Å². The fourth-order valence-electron chi connectivity index (χ4n) is 4.57. The summed E-state index contributed by atoms with van der Waals surface area (Å²) in [6.45, 7) is 13.9. The molecule has 0 spiro atoms. The molecule has 1 fully saturated rings. The molecule has 1 unspecified atom stereocenters. The number of likely N-dealkylation sites (tertiary alicyclic amines) is 1. The number of pyridine rings is 2. The van der Waals surface area contributed by atoms with Crippen LogP contribution in [-0.2, 0) is 6.54 Å². The summed E-state index contributed by atoms with van der Waals surface area (Å²) in [7, 11) is 0. The average molecular weight is 419 g/mol. The maximum Gasteiger partial charge on any atom is 0.133 e. The predicted molar refractivity (Wildman–Crippen MR) is 126 cm³/mol. The smallest absolute Gasteiger partial charge is 0.133 e. The fraction of sp³-hybridized carbons (Fsp3) is 0.480. The first-order chi connectivity index (χ1) is 14.9. The highest BCUT2D eigenvalue weighted by Gasteiger charge is 2.24. The topological polar surface area (TPSA) is 58.9 Å². The van der Waals surface area contributed by atoms with E-state index in [1.54, 1.807) is 0 Å². The van der Waals surface area contributed by atoms with Gasteiger partial charge in [0, 0.05) is 48.2 Å². The monoisotopic (exact) mass is 418 g/mol. The van der Waals surface area contributed by atoms with Gasteiger partial charge in [-0.05, 0) is 77.8 Å². The molecule has 1 aliphatic rings. The van der Waals surface area contributed by atoms with Gasteiger partial charge in [0.1, 0.15) is 5.82 Å². The van der Waals surface area contributed by atoms with E-state index in [2.05, 4.69) is 72.7 Å². The Bertz CT molecular complexity index is 1020. The van der Waals surface area contributed by atoms with Crippen LogP contribution in [0.3, 0.4) is 0 Å². The highest BCUT2D eigenvalue weighted by molar-refractivity contribution is 5.57. The van der Waals surface area contributed by atoms with Crippen LogP contribution in [-0.4, -0.2) is 37.7 Å². The van der Waals surface area contributed by atoms with E-state index in [9.17, 15) is 0 Å². The third kappa shape index (κ3) is 4.79. The van der Waals surface area contributed by atoms with Gasteiger partial charge in [0.2, 0.25) is 0 Å². The van der Waals surface area contributed by atoms with Crippen LogP contribution in [0.1, 0.15) is 66.9 Å². The molecular weight excluding hydrogens is 384 g/mol. The summed E-state index contributed by atoms with van der Waals surface area (Å²) in [6.07, 6.45) is 6.14. The van der Waals surface area contributed by atoms with Crippen molar-refractivity contribution in [3.05, 3.63) is 64.9 Å². The first-order valence-electron chi connectivity index (χ1n) is 11.3. The lowest BCUT2D eigenvalue weighted by atomic mass is 9.93. The quantitative estimate of drug-likeness (QED) is 0.588. The second-order valence-corrected chi connectivity index (χ2v) is 9.03. The maximum atomic E-state index is 4.80. The summed E-state index contributed by atoms with van der Waals surface area (Å²) in [5.74, 6) is 1.36. The van der Waals surface area contributed by atoms with Gasteiger partial charge in [0.15, 0.2) is 0 Å². The standard InChI is InChI=1S/C25H34N6/c1-17(2)31-20(5)23(19(4)29-31)16-30-13-7-9-21(15-30)24-11-10-22(14-27-24)28-25-18(3)8-6-12-26-25/h6,8,10-12,14,17,21H,7,9,13,15-16H2,1-5H3,(H,26,28). The van der Waals surface area contributed by atoms with Crippen LogP contribution in [0.25, 0.3) is 0 Å². The molecule has 0 saturated carbocycles. The number of aromatic nitrogens is 4. The molecule has 6 nitrogen and oxygen atoms in total. The van der Waals surface area contributed by atoms with Crippen molar-refractivity contribution in [1.29, 1.82) is 0 Å². The molecule has 1 atom stereocenters. The largest absolute Gasteiger partial charge is 0.339 e. The minimum atomic E-state index is 0.396. The zero-order chi connectivity index (χ0) is 22.0. The Morgan fingerprint density at radius 3 is 2.65 bits per heavy atom. The zero-order valence-corrected chi connectivity index (χ0v) is 19.4. The van der Waals surface area contributed by atoms with Gasteiger partial charge in [0.05, 0.1) is 17.6 Å². The Hall–Kier alpha value is -2.73. The Kier molecular flexibility index (Phi) is 6.37. The molecular formula is C25H34N6. The van der Waals surface area contributed by atoms with Crippen molar-refractivity contribution in [2.75, 3.05) is 18.4 Å². The van der Waals surface area contributed by atoms with E-state index in [1.165, 1.54) is 29.8 Å². The zero-order valence-electron chi connectivity index (χ0n) is 19.4. The summed E-state index contributed by atoms with van der Waals surface area (Å²) in [6, 6.07) is 8.70. The lowest BCUT2D eigenvalue weighted by molar-refractivity contribution is 0.198. The minimum absolute atomic E-state index is 0.396. The van der Waals surface area contributed by atoms with Crippen LogP contribution >= 0.6 is 0 Å². The minimum Gasteiger partial charge on any atom is -0.339 e. The van der Waals surface area contributed by atoms with Gasteiger partial charge < -0.3 is 5.32 Å². The summed E-state index contributed by atoms with van der Waals surface area (Å²) >= 11 is 0. The first kappa shape index (κ1) is 21.5. The molecule has 3 aromatic heterocycles. The number of nitrogens with zero attached hydrogens (tertiary/aromatic N) is 5. The van der Waals surface area contributed by atoms with Crippen molar-refractivity contribution in [3.63, 3.8) is 0 Å². The van der Waals surface area contributed by atoms with Crippen LogP contribution in [0.15, 0.2) is 36.7 Å². The number of hydrogen-bond acceptors (Lipinski definition) is 5. The van der Waals surface area contributed by atoms with E-state index < -0.39 is 0 Å². The molecule has 164 valence electrons. The fourth-order valence-corrected chi connectivity index (χ4v) is 4.57. The Balaban J connectivity index is 1.42. The Labute approximate surface area is 185 Å². The molecule has 31 heavy (non-hydrogen) atoms. The number of piperidine rings is 1. The van der Waals surface area contributed by atoms with Gasteiger partial charge in [-0.15, -0.1) is 0 Å². The molecule has 3 aromatic rings. The number of aryl methyl sites for hydroxylation is 2. The number of nitrogens with one attached hydrogen (secondary N) is 1. The molecule has 0 aromatic carbocycles. The molecule has 4 rings (SSSR count). The lowest BCUT2D eigenvalue weighted by Crippen LogP contribution is -2.34. The molecule has 1 aliphatic heterocycles. The Morgan fingerprint density at radius 1 is 1.13 bits per heavy atom. The molecule has 0 amide bonds. The van der Waals surface area contributed by atoms with Crippen molar-refractivity contribution in [2.24, 2.45) is 0 Å². The molecule has 0 bridgehead atoms. The first-order valence-corrected chi connectivity index (χ1v) is 11.3. The second kappa shape index (κ2) is 9.18. The van der Waals surface area contributed by atoms with E-state index >= 15 is 0 Å². The van der Waals surface area contributed by atoms with Crippen LogP contribution in [0.2, 0.25) is 0 Å². The molecule has 0 radical (unpaired) electrons. The van der Waals surface area contributed by atoms with Gasteiger partial charge in [-0.3, -0.25) is 14.6 Å². The van der Waals surface area contributed by atoms with Crippen molar-refractivity contribution >= 4 is 11.5 Å². The van der Waals surface area contributed by atoms with Crippen LogP contribution in [0, 0.1) is 20.8 Å². The SMILES string of the molecule is Cc1cccnc1Nc1ccc(C2CCCN(Cc3c(C)nn(C(C)C)c3C)C2)nc1. The van der Waals surface area contributed by atoms with Gasteiger partial charge in [-0.25, -0.2) is 4.98 Å². The van der Waals surface area contributed by atoms with E-state index in [0.29, 0.717) is 12.0 Å². The summed E-state index contributed by atoms with van der Waals surface area (Å²) in [4.78, 5) is 11.8. The molecule has 4 heterocycles. The third-order valence-corrected chi connectivity index (χ3v) is 6.33. The van der Waals surface area contributed by atoms with E-state index in [4.69, 9.17) is 10.1 Å². The molecule has 1 saturated heterocycles. The van der Waals surface area contributed by atoms with Gasteiger partial charge in [-0.1, -0.05) is 6.07 Å². The molecule has 1 N–H and O–H groups in total. The number of anilines is 2. The predicted octanol–water partition coefficient (Wildman–Crippen LogP) is 5.30. The van der Waals surface area contributed by atoms with Crippen LogP contribution < -0.4 is 5.32 Å². The molecule has 6 heteroatoms. The summed E-state index contributed by atoms with van der Waals surface area (Å²) < 4.78 is 2.16. The highest BCUT2D eigenvalue weighted by Crippen LogP contribution is 2.29. The number of rotatable bonds is 6. The lowest BCUT2D eigenvalue weighted by Gasteiger charge is -2.32. The average Bonchev–Trinajstić information content (AvgIpc) is 3.05. The van der Waals surface area contributed by atoms with Gasteiger partial charge >= 0.3 is 0 Å². The van der Waals surface area contributed by atoms with Crippen LogP contribution in [0.4, 0.5) is 11.5 Å². The van der Waals surface area contributed by atoms with E-state index in [-0.39, 0.29) is 0 Å². The molecule has 0 aliphatic carbocycles. The van der Waals surface area contributed by atoms with Gasteiger partial charge in [0.25, 0.3) is 0 Å². The third-order valence-electron chi connectivity index (χ3n) is 6.33. The van der Waals surface area contributed by atoms with Crippen molar-refractivity contribution in [2.45, 2.75) is 66.0 Å². The summed E-state index contributed by atoms with van der Waals surface area (Å²) in [5, 5.41) is 8.14. The maximum absolute atomic E-state index is 4.80. The van der Waals surface area contributed by atoms with Crippen molar-refractivity contribution < 1.29 is 0 Å². The van der Waals surface area contributed by atoms with Crippen molar-refractivity contribution in [3.8, 4) is 0 Å². The highest BCUT2D eigenvalue weighted by atomic mass is 15.3. The Morgan fingerprint density at radius 2 is 1.97 bits per heavy atom. The van der Waals surface area contributed by atoms with Crippen molar-refractivity contribution in [1.82, 2.24) is 24.6 Å². The number of hydrogen-bond donors (Lipinski definition) is 1. The van der Waals surface area contributed by atoms with E-state index in [1.807, 2.05) is 18.5 Å². The van der Waals surface area contributed by atoms with Crippen LogP contribution in [0.5, 0.6) is 0 Å². The second-order valence-electron chi connectivity index (χ2n) is 9.03. The summed E-state index contributed by atoms with van der Waals surface area (Å²) in [5.41, 5.74) is 7.12. The normalized spacial score (nSPS) is 17.3.